The summed E-state index contributed by atoms with van der Waals surface area (Å²) in [6, 6.07) is 4.52. The number of nitrogens with one attached hydrogen (secondary N) is 1. The van der Waals surface area contributed by atoms with Crippen LogP contribution in [0.2, 0.25) is 0 Å². The first-order valence-corrected chi connectivity index (χ1v) is 6.85. The number of nitrogens with zero attached hydrogens (tertiary/aromatic N) is 4. The molecule has 2 aromatic rings. The van der Waals surface area contributed by atoms with E-state index in [-0.39, 0.29) is 35.7 Å². The fourth-order valence-corrected chi connectivity index (χ4v) is 2.47. The van der Waals surface area contributed by atoms with Crippen molar-refractivity contribution in [3.05, 3.63) is 34.1 Å². The molecule has 1 aromatic carbocycles. The molecule has 10 heteroatoms. The van der Waals surface area contributed by atoms with Crippen LogP contribution in [0.3, 0.4) is 0 Å². The molecule has 3 N–H and O–H groups in total. The number of nitrogens with two attached hydrogens (primary N) is 1. The molecule has 2 heterocycles. The summed E-state index contributed by atoms with van der Waals surface area (Å²) >= 11 is 0. The number of likely N-dealkylation sites (N-methyl/N-ethyl adjacent to an activating group) is 1. The summed E-state index contributed by atoms with van der Waals surface area (Å²) in [4.78, 5) is 16.9. The molecule has 0 saturated carbocycles. The molecule has 1 saturated heterocycles. The van der Waals surface area contributed by atoms with Crippen molar-refractivity contribution in [2.75, 3.05) is 32.4 Å². The van der Waals surface area contributed by atoms with Crippen LogP contribution in [0.25, 0.3) is 11.5 Å². The van der Waals surface area contributed by atoms with Gasteiger partial charge in [-0.3, -0.25) is 15.0 Å². The van der Waals surface area contributed by atoms with Gasteiger partial charge in [0.15, 0.2) is 5.82 Å². The quantitative estimate of drug-likeness (QED) is 0.485. The van der Waals surface area contributed by atoms with E-state index in [4.69, 9.17) is 10.3 Å². The van der Waals surface area contributed by atoms with Gasteiger partial charge in [-0.15, -0.1) is 12.4 Å². The van der Waals surface area contributed by atoms with Gasteiger partial charge in [-0.25, -0.2) is 0 Å². The van der Waals surface area contributed by atoms with Crippen molar-refractivity contribution in [2.24, 2.45) is 0 Å². The summed E-state index contributed by atoms with van der Waals surface area (Å²) in [5.74, 6) is 0.728. The standard InChI is InChI=1S/C13H16N6O3.ClH/c1-18-6-5-15-7-10(18)12-16-13(22-17-12)8-3-2-4-9(11(8)14)19(20)21;/h2-4,10,15H,5-7,14H2,1H3;1H. The number of anilines is 1. The number of rotatable bonds is 3. The van der Waals surface area contributed by atoms with Gasteiger partial charge in [-0.05, 0) is 13.1 Å². The summed E-state index contributed by atoms with van der Waals surface area (Å²) in [5, 5.41) is 18.2. The highest BCUT2D eigenvalue weighted by Gasteiger charge is 2.26. The van der Waals surface area contributed by atoms with E-state index in [1.54, 1.807) is 12.1 Å². The Bertz CT molecular complexity index is 707. The summed E-state index contributed by atoms with van der Waals surface area (Å²) < 4.78 is 5.25. The molecule has 1 aliphatic heterocycles. The average Bonchev–Trinajstić information content (AvgIpc) is 2.97. The molecule has 1 atom stereocenters. The normalized spacial score (nSPS) is 18.4. The first kappa shape index (κ1) is 17.1. The van der Waals surface area contributed by atoms with Crippen molar-refractivity contribution in [2.45, 2.75) is 6.04 Å². The van der Waals surface area contributed by atoms with Crippen LogP contribution in [0, 0.1) is 10.1 Å². The minimum Gasteiger partial charge on any atom is -0.393 e. The maximum Gasteiger partial charge on any atom is 0.292 e. The van der Waals surface area contributed by atoms with E-state index in [1.165, 1.54) is 6.07 Å². The van der Waals surface area contributed by atoms with Gasteiger partial charge in [0.2, 0.25) is 0 Å². The Morgan fingerprint density at radius 2 is 2.30 bits per heavy atom. The number of aromatic nitrogens is 2. The minimum absolute atomic E-state index is 0. The second kappa shape index (κ2) is 6.90. The monoisotopic (exact) mass is 340 g/mol. The largest absolute Gasteiger partial charge is 0.393 e. The molecule has 23 heavy (non-hydrogen) atoms. The van der Waals surface area contributed by atoms with Gasteiger partial charge in [-0.1, -0.05) is 11.2 Å². The van der Waals surface area contributed by atoms with Crippen molar-refractivity contribution in [3.8, 4) is 11.5 Å². The molecule has 1 aliphatic rings. The van der Waals surface area contributed by atoms with E-state index < -0.39 is 4.92 Å². The predicted molar refractivity (Wildman–Crippen MR) is 86.3 cm³/mol. The number of halogens is 1. The molecule has 1 fully saturated rings. The zero-order valence-corrected chi connectivity index (χ0v) is 13.2. The lowest BCUT2D eigenvalue weighted by Gasteiger charge is -2.30. The Kier molecular flexibility index (Phi) is 5.14. The van der Waals surface area contributed by atoms with Crippen LogP contribution in [0.5, 0.6) is 0 Å². The molecule has 1 aromatic heterocycles. The highest BCUT2D eigenvalue weighted by Crippen LogP contribution is 2.32. The van der Waals surface area contributed by atoms with E-state index in [2.05, 4.69) is 20.4 Å². The summed E-state index contributed by atoms with van der Waals surface area (Å²) in [6.45, 7) is 2.52. The number of hydrogen-bond donors (Lipinski definition) is 2. The van der Waals surface area contributed by atoms with E-state index in [0.717, 1.165) is 19.6 Å². The Balaban J connectivity index is 0.00000192. The van der Waals surface area contributed by atoms with Gasteiger partial charge in [0, 0.05) is 25.7 Å². The van der Waals surface area contributed by atoms with Crippen LogP contribution in [0.15, 0.2) is 22.7 Å². The molecular weight excluding hydrogens is 324 g/mol. The van der Waals surface area contributed by atoms with Crippen molar-refractivity contribution in [1.29, 1.82) is 0 Å². The fourth-order valence-electron chi connectivity index (χ4n) is 2.47. The number of nitro groups is 1. The Morgan fingerprint density at radius 1 is 1.52 bits per heavy atom. The van der Waals surface area contributed by atoms with Crippen LogP contribution in [-0.4, -0.2) is 46.6 Å². The second-order valence-corrected chi connectivity index (χ2v) is 5.15. The maximum atomic E-state index is 10.9. The van der Waals surface area contributed by atoms with Crippen molar-refractivity contribution in [1.82, 2.24) is 20.4 Å². The van der Waals surface area contributed by atoms with Crippen LogP contribution in [0.4, 0.5) is 11.4 Å². The molecule has 0 radical (unpaired) electrons. The van der Waals surface area contributed by atoms with Gasteiger partial charge in [-0.2, -0.15) is 4.98 Å². The van der Waals surface area contributed by atoms with Gasteiger partial charge in [0.25, 0.3) is 11.6 Å². The van der Waals surface area contributed by atoms with E-state index in [0.29, 0.717) is 11.4 Å². The van der Waals surface area contributed by atoms with Crippen LogP contribution in [0.1, 0.15) is 11.9 Å². The van der Waals surface area contributed by atoms with E-state index >= 15 is 0 Å². The summed E-state index contributed by atoms with van der Waals surface area (Å²) in [5.41, 5.74) is 6.07. The van der Waals surface area contributed by atoms with Crippen LogP contribution < -0.4 is 11.1 Å². The van der Waals surface area contributed by atoms with Crippen molar-refractivity contribution in [3.63, 3.8) is 0 Å². The van der Waals surface area contributed by atoms with Gasteiger partial charge < -0.3 is 15.6 Å². The smallest absolute Gasteiger partial charge is 0.292 e. The summed E-state index contributed by atoms with van der Waals surface area (Å²) in [6.07, 6.45) is 0. The number of nitrogen functional groups attached to an aromatic ring is 1. The molecular formula is C13H17ClN6O3. The zero-order chi connectivity index (χ0) is 15.7. The molecule has 0 spiro atoms. The average molecular weight is 341 g/mol. The molecule has 1 unspecified atom stereocenters. The zero-order valence-electron chi connectivity index (χ0n) is 12.4. The van der Waals surface area contributed by atoms with Gasteiger partial charge in [0.1, 0.15) is 5.69 Å². The number of benzene rings is 1. The van der Waals surface area contributed by atoms with Crippen LogP contribution in [-0.2, 0) is 0 Å². The number of piperazine rings is 1. The molecule has 3 rings (SSSR count). The third-order valence-electron chi connectivity index (χ3n) is 3.76. The predicted octanol–water partition coefficient (Wildman–Crippen LogP) is 1.22. The SMILES string of the molecule is CN1CCNCC1c1noc(-c2cccc([N+](=O)[O-])c2N)n1.Cl. The van der Waals surface area contributed by atoms with Crippen LogP contribution >= 0.6 is 12.4 Å². The fraction of sp³-hybridized carbons (Fsp3) is 0.385. The summed E-state index contributed by atoms with van der Waals surface area (Å²) in [7, 11) is 1.99. The third-order valence-corrected chi connectivity index (χ3v) is 3.76. The van der Waals surface area contributed by atoms with Gasteiger partial charge in [0.05, 0.1) is 16.5 Å². The van der Waals surface area contributed by atoms with Crippen molar-refractivity contribution < 1.29 is 9.45 Å². The number of hydrogen-bond acceptors (Lipinski definition) is 8. The molecule has 9 nitrogen and oxygen atoms in total. The Labute approximate surface area is 138 Å². The highest BCUT2D eigenvalue weighted by atomic mass is 35.5. The second-order valence-electron chi connectivity index (χ2n) is 5.15. The minimum atomic E-state index is -0.533. The van der Waals surface area contributed by atoms with Crippen molar-refractivity contribution >= 4 is 23.8 Å². The molecule has 0 bridgehead atoms. The molecule has 0 amide bonds. The maximum absolute atomic E-state index is 10.9. The first-order valence-electron chi connectivity index (χ1n) is 6.85. The Morgan fingerprint density at radius 3 is 3.00 bits per heavy atom. The van der Waals surface area contributed by atoms with Gasteiger partial charge >= 0.3 is 0 Å². The lowest BCUT2D eigenvalue weighted by molar-refractivity contribution is -0.383. The topological polar surface area (TPSA) is 123 Å². The molecule has 124 valence electrons. The highest BCUT2D eigenvalue weighted by molar-refractivity contribution is 5.85. The number of para-hydroxylation sites is 1. The first-order chi connectivity index (χ1) is 10.6. The van der Waals surface area contributed by atoms with E-state index in [1.807, 2.05) is 7.05 Å². The number of nitro benzene ring substituents is 1. The van der Waals surface area contributed by atoms with E-state index in [9.17, 15) is 10.1 Å². The lowest BCUT2D eigenvalue weighted by Crippen LogP contribution is -2.44. The molecule has 0 aliphatic carbocycles. The lowest BCUT2D eigenvalue weighted by atomic mass is 10.1. The Hall–Kier alpha value is -2.23. The third kappa shape index (κ3) is 3.26.